The van der Waals surface area contributed by atoms with Crippen LogP contribution in [-0.4, -0.2) is 73.1 Å². The van der Waals surface area contributed by atoms with Gasteiger partial charge in [0.25, 0.3) is 0 Å². The summed E-state index contributed by atoms with van der Waals surface area (Å²) in [5.41, 5.74) is 0.956. The average Bonchev–Trinajstić information content (AvgIpc) is 2.67. The Balaban J connectivity index is 1.59. The lowest BCUT2D eigenvalue weighted by Gasteiger charge is -2.38. The number of benzene rings is 1. The summed E-state index contributed by atoms with van der Waals surface area (Å²) in [5.74, 6) is 1.95. The van der Waals surface area contributed by atoms with Gasteiger partial charge >= 0.3 is 0 Å². The molecule has 3 rings (SSSR count). The van der Waals surface area contributed by atoms with Gasteiger partial charge in [-0.1, -0.05) is 18.2 Å². The van der Waals surface area contributed by atoms with Crippen LogP contribution < -0.4 is 15.4 Å². The van der Waals surface area contributed by atoms with Gasteiger partial charge in [-0.25, -0.2) is 0 Å². The van der Waals surface area contributed by atoms with Crippen molar-refractivity contribution in [2.24, 2.45) is 4.99 Å². The van der Waals surface area contributed by atoms with Crippen LogP contribution >= 0.6 is 0 Å². The molecule has 0 bridgehead atoms. The Morgan fingerprint density at radius 3 is 2.66 bits per heavy atom. The molecule has 0 spiro atoms. The van der Waals surface area contributed by atoms with Crippen molar-refractivity contribution >= 4 is 11.9 Å². The summed E-state index contributed by atoms with van der Waals surface area (Å²) in [5, 5.41) is 6.99. The van der Waals surface area contributed by atoms with E-state index < -0.39 is 0 Å². The molecule has 0 aromatic heterocycles. The van der Waals surface area contributed by atoms with Crippen LogP contribution in [0, 0.1) is 0 Å². The lowest BCUT2D eigenvalue weighted by molar-refractivity contribution is -0.130. The Hall–Kier alpha value is -2.28. The number of hydrogen-bond donors (Lipinski definition) is 2. The molecule has 2 aliphatic rings. The van der Waals surface area contributed by atoms with E-state index in [1.54, 1.807) is 6.92 Å². The van der Waals surface area contributed by atoms with Crippen molar-refractivity contribution in [3.05, 3.63) is 29.8 Å². The summed E-state index contributed by atoms with van der Waals surface area (Å²) in [7, 11) is 0. The second-order valence-corrected chi connectivity index (χ2v) is 8.41. The Bertz CT molecular complexity index is 726. The highest BCUT2D eigenvalue weighted by molar-refractivity contribution is 5.80. The Morgan fingerprint density at radius 1 is 1.24 bits per heavy atom. The molecule has 1 unspecified atom stereocenters. The van der Waals surface area contributed by atoms with Crippen LogP contribution in [0.2, 0.25) is 0 Å². The monoisotopic (exact) mass is 401 g/mol. The molecule has 7 nitrogen and oxygen atoms in total. The number of hydrogen-bond acceptors (Lipinski definition) is 4. The number of aliphatic imine (C=N–C) groups is 1. The highest BCUT2D eigenvalue weighted by atomic mass is 16.5. The molecule has 160 valence electrons. The third-order valence-electron chi connectivity index (χ3n) is 5.54. The van der Waals surface area contributed by atoms with E-state index in [9.17, 15) is 4.79 Å². The second kappa shape index (κ2) is 9.48. The van der Waals surface area contributed by atoms with Crippen LogP contribution in [0.25, 0.3) is 0 Å². The first-order chi connectivity index (χ1) is 13.9. The molecule has 0 saturated carbocycles. The SMILES string of the molecule is CCNC(=NCCN1CCN(C(C)=O)CC1)NC1CC(C)(C)Oc2ccccc21. The summed E-state index contributed by atoms with van der Waals surface area (Å²) in [6, 6.07) is 8.39. The number of rotatable bonds is 5. The van der Waals surface area contributed by atoms with Crippen LogP contribution in [-0.2, 0) is 4.79 Å². The Kier molecular flexibility index (Phi) is 7.00. The molecule has 1 atom stereocenters. The number of nitrogens with zero attached hydrogens (tertiary/aromatic N) is 3. The Morgan fingerprint density at radius 2 is 1.97 bits per heavy atom. The largest absolute Gasteiger partial charge is 0.487 e. The highest BCUT2D eigenvalue weighted by Crippen LogP contribution is 2.39. The van der Waals surface area contributed by atoms with Gasteiger partial charge in [0.2, 0.25) is 5.91 Å². The van der Waals surface area contributed by atoms with Crippen molar-refractivity contribution in [3.8, 4) is 5.75 Å². The first-order valence-electron chi connectivity index (χ1n) is 10.7. The van der Waals surface area contributed by atoms with E-state index in [1.165, 1.54) is 5.56 Å². The number of ether oxygens (including phenoxy) is 1. The van der Waals surface area contributed by atoms with Crippen LogP contribution in [0.1, 0.15) is 45.7 Å². The van der Waals surface area contributed by atoms with Gasteiger partial charge in [0, 0.05) is 58.2 Å². The quantitative estimate of drug-likeness (QED) is 0.584. The molecule has 2 heterocycles. The smallest absolute Gasteiger partial charge is 0.219 e. The van der Waals surface area contributed by atoms with Crippen molar-refractivity contribution < 1.29 is 9.53 Å². The predicted octanol–water partition coefficient (Wildman–Crippen LogP) is 2.01. The zero-order valence-electron chi connectivity index (χ0n) is 18.2. The van der Waals surface area contributed by atoms with Gasteiger partial charge in [0.1, 0.15) is 11.4 Å². The zero-order chi connectivity index (χ0) is 20.9. The van der Waals surface area contributed by atoms with Crippen molar-refractivity contribution in [1.29, 1.82) is 0 Å². The van der Waals surface area contributed by atoms with Crippen LogP contribution in [0.4, 0.5) is 0 Å². The standard InChI is InChI=1S/C22H35N5O2/c1-5-23-21(24-10-11-26-12-14-27(15-13-26)17(2)28)25-19-16-22(3,4)29-20-9-7-6-8-18(19)20/h6-9,19H,5,10-16H2,1-4H3,(H2,23,24,25). The van der Waals surface area contributed by atoms with Crippen molar-refractivity contribution in [2.45, 2.75) is 45.8 Å². The Labute approximate surface area is 174 Å². The highest BCUT2D eigenvalue weighted by Gasteiger charge is 2.34. The number of amides is 1. The third kappa shape index (κ3) is 5.85. The molecule has 1 fully saturated rings. The molecule has 1 amide bonds. The van der Waals surface area contributed by atoms with E-state index in [0.29, 0.717) is 0 Å². The van der Waals surface area contributed by atoms with Gasteiger partial charge in [0.15, 0.2) is 5.96 Å². The van der Waals surface area contributed by atoms with Gasteiger partial charge in [-0.2, -0.15) is 0 Å². The minimum Gasteiger partial charge on any atom is -0.487 e. The molecule has 29 heavy (non-hydrogen) atoms. The molecule has 0 aliphatic carbocycles. The molecule has 1 aromatic rings. The molecule has 1 saturated heterocycles. The normalized spacial score (nSPS) is 21.9. The topological polar surface area (TPSA) is 69.2 Å². The molecule has 0 radical (unpaired) electrons. The maximum atomic E-state index is 11.5. The summed E-state index contributed by atoms with van der Waals surface area (Å²) in [6.45, 7) is 13.9. The maximum Gasteiger partial charge on any atom is 0.219 e. The lowest BCUT2D eigenvalue weighted by Crippen LogP contribution is -2.49. The van der Waals surface area contributed by atoms with Crippen LogP contribution in [0.15, 0.2) is 29.3 Å². The number of guanidine groups is 1. The van der Waals surface area contributed by atoms with Gasteiger partial charge < -0.3 is 20.3 Å². The summed E-state index contributed by atoms with van der Waals surface area (Å²) < 4.78 is 6.14. The lowest BCUT2D eigenvalue weighted by atomic mass is 9.90. The molecule has 7 heteroatoms. The fourth-order valence-corrected chi connectivity index (χ4v) is 4.01. The number of carbonyl (C=O) groups is 1. The van der Waals surface area contributed by atoms with E-state index in [0.717, 1.165) is 63.9 Å². The molecule has 1 aromatic carbocycles. The second-order valence-electron chi connectivity index (χ2n) is 8.41. The third-order valence-corrected chi connectivity index (χ3v) is 5.54. The number of fused-ring (bicyclic) bond motifs is 1. The first-order valence-corrected chi connectivity index (χ1v) is 10.7. The summed E-state index contributed by atoms with van der Waals surface area (Å²) in [4.78, 5) is 20.6. The van der Waals surface area contributed by atoms with Crippen molar-refractivity contribution in [1.82, 2.24) is 20.4 Å². The number of para-hydroxylation sites is 1. The van der Waals surface area contributed by atoms with E-state index in [2.05, 4.69) is 48.4 Å². The van der Waals surface area contributed by atoms with Crippen molar-refractivity contribution in [3.63, 3.8) is 0 Å². The number of carbonyl (C=O) groups excluding carboxylic acids is 1. The summed E-state index contributed by atoms with van der Waals surface area (Å²) in [6.07, 6.45) is 0.876. The minimum absolute atomic E-state index is 0.159. The zero-order valence-corrected chi connectivity index (χ0v) is 18.2. The van der Waals surface area contributed by atoms with Crippen LogP contribution in [0.5, 0.6) is 5.75 Å². The van der Waals surface area contributed by atoms with E-state index in [4.69, 9.17) is 9.73 Å². The maximum absolute atomic E-state index is 11.5. The molecular weight excluding hydrogens is 366 g/mol. The fraction of sp³-hybridized carbons (Fsp3) is 0.636. The van der Waals surface area contributed by atoms with Crippen LogP contribution in [0.3, 0.4) is 0 Å². The van der Waals surface area contributed by atoms with Gasteiger partial charge in [0.05, 0.1) is 12.6 Å². The van der Waals surface area contributed by atoms with Gasteiger partial charge in [-0.05, 0) is 26.8 Å². The van der Waals surface area contributed by atoms with E-state index >= 15 is 0 Å². The first kappa shape index (κ1) is 21.4. The molecule has 2 N–H and O–H groups in total. The number of piperazine rings is 1. The van der Waals surface area contributed by atoms with E-state index in [1.807, 2.05) is 17.0 Å². The van der Waals surface area contributed by atoms with Crippen molar-refractivity contribution in [2.75, 3.05) is 45.8 Å². The predicted molar refractivity (Wildman–Crippen MR) is 116 cm³/mol. The average molecular weight is 402 g/mol. The fourth-order valence-electron chi connectivity index (χ4n) is 4.01. The van der Waals surface area contributed by atoms with E-state index in [-0.39, 0.29) is 17.6 Å². The van der Waals surface area contributed by atoms with Gasteiger partial charge in [-0.3, -0.25) is 14.7 Å². The number of nitrogens with one attached hydrogen (secondary N) is 2. The van der Waals surface area contributed by atoms with Gasteiger partial charge in [-0.15, -0.1) is 0 Å². The minimum atomic E-state index is -0.222. The molecular formula is C22H35N5O2. The summed E-state index contributed by atoms with van der Waals surface area (Å²) >= 11 is 0. The molecule has 2 aliphatic heterocycles.